The van der Waals surface area contributed by atoms with Crippen LogP contribution in [0.5, 0.6) is 5.75 Å². The molecule has 2 aromatic carbocycles. The third kappa shape index (κ3) is 7.46. The summed E-state index contributed by atoms with van der Waals surface area (Å²) in [5.74, 6) is 0.844. The van der Waals surface area contributed by atoms with Crippen LogP contribution >= 0.6 is 11.3 Å². The van der Waals surface area contributed by atoms with E-state index >= 15 is 0 Å². The van der Waals surface area contributed by atoms with Gasteiger partial charge in [0.05, 0.1) is 12.0 Å². The standard InChI is InChI=1S/C30H36N4O3S/c1-3-24-12-14-26(15-13-24)31-30(36)34-21-18-32(19-22-34)17-20-33(29(35)28-11-7-23-38-28)16-6-9-25-8-4-5-10-27(25)37-2/h4-15,23H,3,16-22H2,1-2H3,(H,31,36)/b9-6+. The van der Waals surface area contributed by atoms with Gasteiger partial charge in [0.1, 0.15) is 5.75 Å². The molecular formula is C30H36N4O3S. The number of carbonyl (C=O) groups is 2. The number of methoxy groups -OCH3 is 1. The summed E-state index contributed by atoms with van der Waals surface area (Å²) in [5.41, 5.74) is 3.05. The molecule has 0 aliphatic carbocycles. The highest BCUT2D eigenvalue weighted by Crippen LogP contribution is 2.19. The summed E-state index contributed by atoms with van der Waals surface area (Å²) in [5, 5.41) is 4.93. The fraction of sp³-hybridized carbons (Fsp3) is 0.333. The van der Waals surface area contributed by atoms with Gasteiger partial charge >= 0.3 is 6.03 Å². The van der Waals surface area contributed by atoms with Gasteiger partial charge in [-0.2, -0.15) is 0 Å². The highest BCUT2D eigenvalue weighted by molar-refractivity contribution is 7.12. The van der Waals surface area contributed by atoms with Crippen molar-refractivity contribution in [2.45, 2.75) is 13.3 Å². The first-order valence-electron chi connectivity index (χ1n) is 13.1. The van der Waals surface area contributed by atoms with E-state index in [0.29, 0.717) is 26.2 Å². The topological polar surface area (TPSA) is 65.1 Å². The van der Waals surface area contributed by atoms with Gasteiger partial charge in [0, 0.05) is 57.1 Å². The normalized spacial score (nSPS) is 14.0. The highest BCUT2D eigenvalue weighted by Gasteiger charge is 2.23. The average Bonchev–Trinajstić information content (AvgIpc) is 3.50. The van der Waals surface area contributed by atoms with Crippen LogP contribution < -0.4 is 10.1 Å². The van der Waals surface area contributed by atoms with Crippen LogP contribution in [0.4, 0.5) is 10.5 Å². The SMILES string of the molecule is CCc1ccc(NC(=O)N2CCN(CCN(C/C=C/c3ccccc3OC)C(=O)c3cccs3)CC2)cc1. The summed E-state index contributed by atoms with van der Waals surface area (Å²) in [6.07, 6.45) is 4.99. The number of anilines is 1. The van der Waals surface area contributed by atoms with Crippen LogP contribution in [0, 0.1) is 0 Å². The number of nitrogens with one attached hydrogen (secondary N) is 1. The summed E-state index contributed by atoms with van der Waals surface area (Å²) >= 11 is 1.46. The van der Waals surface area contributed by atoms with Gasteiger partial charge in [-0.1, -0.05) is 55.5 Å². The highest BCUT2D eigenvalue weighted by atomic mass is 32.1. The molecule has 0 spiro atoms. The van der Waals surface area contributed by atoms with Gasteiger partial charge < -0.3 is 19.9 Å². The number of amides is 3. The van der Waals surface area contributed by atoms with Gasteiger partial charge in [-0.3, -0.25) is 9.69 Å². The predicted octanol–water partition coefficient (Wildman–Crippen LogP) is 5.32. The van der Waals surface area contributed by atoms with Gasteiger partial charge in [0.25, 0.3) is 5.91 Å². The molecule has 1 saturated heterocycles. The van der Waals surface area contributed by atoms with E-state index in [1.54, 1.807) is 7.11 Å². The van der Waals surface area contributed by atoms with E-state index in [4.69, 9.17) is 4.74 Å². The van der Waals surface area contributed by atoms with Crippen molar-refractivity contribution in [1.82, 2.24) is 14.7 Å². The third-order valence-electron chi connectivity index (χ3n) is 6.74. The van der Waals surface area contributed by atoms with Crippen molar-refractivity contribution in [3.8, 4) is 5.75 Å². The van der Waals surface area contributed by atoms with Gasteiger partial charge in [0.15, 0.2) is 0 Å². The lowest BCUT2D eigenvalue weighted by Gasteiger charge is -2.35. The molecule has 1 N–H and O–H groups in total. The Bertz CT molecular complexity index is 1200. The average molecular weight is 533 g/mol. The Morgan fingerprint density at radius 3 is 2.47 bits per heavy atom. The van der Waals surface area contributed by atoms with Crippen LogP contribution in [0.2, 0.25) is 0 Å². The molecule has 4 rings (SSSR count). The number of para-hydroxylation sites is 1. The van der Waals surface area contributed by atoms with Crippen molar-refractivity contribution < 1.29 is 14.3 Å². The lowest BCUT2D eigenvalue weighted by molar-refractivity contribution is 0.0744. The molecule has 3 aromatic rings. The smallest absolute Gasteiger partial charge is 0.321 e. The number of aryl methyl sites for hydroxylation is 1. The van der Waals surface area contributed by atoms with Crippen molar-refractivity contribution in [3.63, 3.8) is 0 Å². The zero-order chi connectivity index (χ0) is 26.7. The lowest BCUT2D eigenvalue weighted by atomic mass is 10.1. The fourth-order valence-corrected chi connectivity index (χ4v) is 5.10. The molecule has 1 aliphatic heterocycles. The first-order chi connectivity index (χ1) is 18.6. The fourth-order valence-electron chi connectivity index (χ4n) is 4.41. The minimum Gasteiger partial charge on any atom is -0.496 e. The van der Waals surface area contributed by atoms with E-state index in [2.05, 4.69) is 17.1 Å². The van der Waals surface area contributed by atoms with E-state index in [-0.39, 0.29) is 11.9 Å². The molecule has 1 aliphatic rings. The van der Waals surface area contributed by atoms with E-state index in [9.17, 15) is 9.59 Å². The number of hydrogen-bond acceptors (Lipinski definition) is 5. The zero-order valence-electron chi connectivity index (χ0n) is 22.1. The molecule has 3 amide bonds. The molecule has 0 saturated carbocycles. The molecule has 0 bridgehead atoms. The molecule has 1 fully saturated rings. The second-order valence-electron chi connectivity index (χ2n) is 9.18. The van der Waals surface area contributed by atoms with Crippen molar-refractivity contribution in [3.05, 3.63) is 88.1 Å². The summed E-state index contributed by atoms with van der Waals surface area (Å²) in [6, 6.07) is 19.5. The number of thiophene rings is 1. The number of piperazine rings is 1. The minimum atomic E-state index is -0.0649. The molecular weight excluding hydrogens is 496 g/mol. The molecule has 7 nitrogen and oxygen atoms in total. The Balaban J connectivity index is 1.29. The van der Waals surface area contributed by atoms with Gasteiger partial charge in [-0.25, -0.2) is 4.79 Å². The molecule has 0 unspecified atom stereocenters. The van der Waals surface area contributed by atoms with Gasteiger partial charge in [-0.05, 0) is 41.6 Å². The summed E-state index contributed by atoms with van der Waals surface area (Å²) in [7, 11) is 1.66. The van der Waals surface area contributed by atoms with Crippen LogP contribution in [-0.4, -0.2) is 79.6 Å². The molecule has 38 heavy (non-hydrogen) atoms. The minimum absolute atomic E-state index is 0.0387. The Labute approximate surface area is 229 Å². The largest absolute Gasteiger partial charge is 0.496 e. The first kappa shape index (κ1) is 27.4. The van der Waals surface area contributed by atoms with E-state index in [1.807, 2.05) is 88.0 Å². The number of benzene rings is 2. The molecule has 0 radical (unpaired) electrons. The number of urea groups is 1. The summed E-state index contributed by atoms with van der Waals surface area (Å²) in [4.78, 5) is 32.7. The number of ether oxygens (including phenoxy) is 1. The summed E-state index contributed by atoms with van der Waals surface area (Å²) < 4.78 is 5.43. The van der Waals surface area contributed by atoms with Crippen LogP contribution in [-0.2, 0) is 6.42 Å². The van der Waals surface area contributed by atoms with Crippen molar-refractivity contribution >= 4 is 35.0 Å². The molecule has 2 heterocycles. The number of hydrogen-bond donors (Lipinski definition) is 1. The van der Waals surface area contributed by atoms with Crippen LogP contribution in [0.1, 0.15) is 27.7 Å². The maximum Gasteiger partial charge on any atom is 0.321 e. The Morgan fingerprint density at radius 2 is 1.79 bits per heavy atom. The molecule has 0 atom stereocenters. The van der Waals surface area contributed by atoms with E-state index < -0.39 is 0 Å². The number of rotatable bonds is 10. The Kier molecular flexibility index (Phi) is 9.95. The molecule has 1 aromatic heterocycles. The second-order valence-corrected chi connectivity index (χ2v) is 10.1. The first-order valence-corrected chi connectivity index (χ1v) is 13.9. The van der Waals surface area contributed by atoms with Crippen molar-refractivity contribution in [1.29, 1.82) is 0 Å². The predicted molar refractivity (Wildman–Crippen MR) is 155 cm³/mol. The third-order valence-corrected chi connectivity index (χ3v) is 7.60. The number of carbonyl (C=O) groups excluding carboxylic acids is 2. The molecule has 200 valence electrons. The van der Waals surface area contributed by atoms with E-state index in [1.165, 1.54) is 16.9 Å². The molecule has 8 heteroatoms. The van der Waals surface area contributed by atoms with E-state index in [0.717, 1.165) is 47.9 Å². The van der Waals surface area contributed by atoms with Gasteiger partial charge in [-0.15, -0.1) is 11.3 Å². The van der Waals surface area contributed by atoms with Crippen LogP contribution in [0.3, 0.4) is 0 Å². The Hall–Kier alpha value is -3.62. The quantitative estimate of drug-likeness (QED) is 0.384. The summed E-state index contributed by atoms with van der Waals surface area (Å²) in [6.45, 7) is 6.87. The van der Waals surface area contributed by atoms with Gasteiger partial charge in [0.2, 0.25) is 0 Å². The maximum atomic E-state index is 13.2. The number of nitrogens with zero attached hydrogens (tertiary/aromatic N) is 3. The van der Waals surface area contributed by atoms with Crippen molar-refractivity contribution in [2.75, 3.05) is 58.2 Å². The zero-order valence-corrected chi connectivity index (χ0v) is 23.0. The van der Waals surface area contributed by atoms with Crippen LogP contribution in [0.15, 0.2) is 72.1 Å². The maximum absolute atomic E-state index is 13.2. The van der Waals surface area contributed by atoms with Crippen molar-refractivity contribution in [2.24, 2.45) is 0 Å². The second kappa shape index (κ2) is 13.8. The lowest BCUT2D eigenvalue weighted by Crippen LogP contribution is -2.51. The Morgan fingerprint density at radius 1 is 1.03 bits per heavy atom. The monoisotopic (exact) mass is 532 g/mol. The van der Waals surface area contributed by atoms with Crippen LogP contribution in [0.25, 0.3) is 6.08 Å².